The van der Waals surface area contributed by atoms with Gasteiger partial charge in [-0.05, 0) is 12.0 Å². The van der Waals surface area contributed by atoms with Crippen molar-refractivity contribution >= 4 is 34.7 Å². The van der Waals surface area contributed by atoms with E-state index in [0.717, 1.165) is 27.8 Å². The molecule has 0 spiro atoms. The molecule has 2 aromatic rings. The van der Waals surface area contributed by atoms with Crippen molar-refractivity contribution < 1.29 is 19.0 Å². The third kappa shape index (κ3) is 6.76. The predicted octanol–water partition coefficient (Wildman–Crippen LogP) is 4.83. The van der Waals surface area contributed by atoms with Gasteiger partial charge in [-0.15, -0.1) is 22.7 Å². The van der Waals surface area contributed by atoms with Gasteiger partial charge < -0.3 is 14.2 Å². The van der Waals surface area contributed by atoms with Crippen molar-refractivity contribution in [3.8, 4) is 10.7 Å². The summed E-state index contributed by atoms with van der Waals surface area (Å²) in [5.74, 6) is 0.446. The fraction of sp³-hybridized carbons (Fsp3) is 0.476. The maximum absolute atomic E-state index is 11.5. The largest absolute Gasteiger partial charge is 0.500 e. The average molecular weight is 437 g/mol. The summed E-state index contributed by atoms with van der Waals surface area (Å²) in [4.78, 5) is 20.9. The second kappa shape index (κ2) is 11.2. The van der Waals surface area contributed by atoms with Gasteiger partial charge in [0.1, 0.15) is 16.5 Å². The number of carbonyl (C=O) groups excluding carboxylic acids is 1. The van der Waals surface area contributed by atoms with Gasteiger partial charge >= 0.3 is 5.97 Å². The molecule has 0 aliphatic rings. The van der Waals surface area contributed by atoms with Crippen LogP contribution in [0.4, 0.5) is 0 Å². The Morgan fingerprint density at radius 2 is 1.86 bits per heavy atom. The fourth-order valence-corrected chi connectivity index (χ4v) is 4.50. The first-order valence-electron chi connectivity index (χ1n) is 9.32. The number of esters is 1. The van der Waals surface area contributed by atoms with E-state index in [4.69, 9.17) is 14.5 Å². The van der Waals surface area contributed by atoms with Crippen molar-refractivity contribution in [2.24, 2.45) is 11.8 Å². The maximum atomic E-state index is 11.5. The first-order valence-corrected chi connectivity index (χ1v) is 11.1. The Bertz CT molecular complexity index is 854. The Morgan fingerprint density at radius 3 is 2.48 bits per heavy atom. The Labute approximate surface area is 180 Å². The zero-order valence-corrected chi connectivity index (χ0v) is 19.3. The van der Waals surface area contributed by atoms with Crippen molar-refractivity contribution in [2.75, 3.05) is 21.3 Å². The van der Waals surface area contributed by atoms with Crippen LogP contribution >= 0.6 is 22.7 Å². The van der Waals surface area contributed by atoms with Gasteiger partial charge in [0.05, 0.1) is 37.1 Å². The molecule has 0 amide bonds. The van der Waals surface area contributed by atoms with E-state index in [2.05, 4.69) is 28.9 Å². The van der Waals surface area contributed by atoms with Crippen LogP contribution in [0.15, 0.2) is 28.7 Å². The monoisotopic (exact) mass is 436 g/mol. The molecule has 2 aromatic heterocycles. The van der Waals surface area contributed by atoms with Crippen LogP contribution in [-0.4, -0.2) is 43.4 Å². The molecule has 2 atom stereocenters. The number of hydrogen-bond acceptors (Lipinski definition) is 8. The molecule has 0 unspecified atom stereocenters. The third-order valence-electron chi connectivity index (χ3n) is 4.24. The van der Waals surface area contributed by atoms with E-state index in [0.29, 0.717) is 11.7 Å². The molecule has 0 aliphatic carbocycles. The van der Waals surface area contributed by atoms with Gasteiger partial charge in [0.2, 0.25) is 0 Å². The Kier molecular flexibility index (Phi) is 9.00. The van der Waals surface area contributed by atoms with Crippen LogP contribution in [0.5, 0.6) is 0 Å². The van der Waals surface area contributed by atoms with Crippen molar-refractivity contribution in [1.82, 2.24) is 9.97 Å². The van der Waals surface area contributed by atoms with E-state index in [-0.39, 0.29) is 12.0 Å². The van der Waals surface area contributed by atoms with Crippen LogP contribution in [0.25, 0.3) is 16.8 Å². The van der Waals surface area contributed by atoms with Crippen molar-refractivity contribution in [3.63, 3.8) is 0 Å². The molecule has 0 fully saturated rings. The first kappa shape index (κ1) is 23.3. The highest BCUT2D eigenvalue weighted by molar-refractivity contribution is 7.14. The molecule has 6 nitrogen and oxygen atoms in total. The summed E-state index contributed by atoms with van der Waals surface area (Å²) in [5.41, 5.74) is 1.77. The number of aromatic nitrogens is 2. The standard InChI is InChI=1S/C21H28N2O4S2/c1-13(2)9-19-23-16(12-28-19)21-22-15(11-29-21)7-8-17(25-4)14(3)18(26-5)10-20(24)27-6/h7-8,10-14,17H,9H2,1-6H3/b8-7-,18-10+/t14-,17+/m1/s1. The zero-order valence-electron chi connectivity index (χ0n) is 17.7. The van der Waals surface area contributed by atoms with Crippen LogP contribution in [0, 0.1) is 11.8 Å². The molecule has 0 aliphatic heterocycles. The van der Waals surface area contributed by atoms with Crippen LogP contribution < -0.4 is 0 Å². The first-order chi connectivity index (χ1) is 13.9. The SMILES string of the molecule is COC(=O)/C=C(/OC)[C@H](C)[C@H](/C=C\c1csc(-c2csc(CC(C)C)n2)n1)OC. The lowest BCUT2D eigenvalue weighted by atomic mass is 10.0. The number of thiazole rings is 2. The minimum Gasteiger partial charge on any atom is -0.500 e. The summed E-state index contributed by atoms with van der Waals surface area (Å²) in [6.45, 7) is 6.31. The maximum Gasteiger partial charge on any atom is 0.333 e. The zero-order chi connectivity index (χ0) is 21.4. The van der Waals surface area contributed by atoms with E-state index in [1.807, 2.05) is 24.5 Å². The van der Waals surface area contributed by atoms with E-state index in [1.165, 1.54) is 20.3 Å². The summed E-state index contributed by atoms with van der Waals surface area (Å²) >= 11 is 3.25. The van der Waals surface area contributed by atoms with Gasteiger partial charge in [-0.25, -0.2) is 14.8 Å². The Balaban J connectivity index is 2.11. The van der Waals surface area contributed by atoms with Crippen molar-refractivity contribution in [1.29, 1.82) is 0 Å². The molecule has 0 bridgehead atoms. The summed E-state index contributed by atoms with van der Waals surface area (Å²) in [6.07, 6.45) is 5.86. The number of ether oxygens (including phenoxy) is 3. The number of methoxy groups -OCH3 is 3. The van der Waals surface area contributed by atoms with Gasteiger partial charge in [0, 0.05) is 30.2 Å². The molecule has 0 saturated carbocycles. The lowest BCUT2D eigenvalue weighted by molar-refractivity contribution is -0.135. The number of rotatable bonds is 10. The highest BCUT2D eigenvalue weighted by Gasteiger charge is 2.20. The molecule has 158 valence electrons. The minimum absolute atomic E-state index is 0.171. The lowest BCUT2D eigenvalue weighted by Gasteiger charge is -2.21. The summed E-state index contributed by atoms with van der Waals surface area (Å²) in [5, 5.41) is 6.10. The highest BCUT2D eigenvalue weighted by atomic mass is 32.1. The molecule has 29 heavy (non-hydrogen) atoms. The molecule has 0 radical (unpaired) electrons. The number of hydrogen-bond donors (Lipinski definition) is 0. The van der Waals surface area contributed by atoms with E-state index >= 15 is 0 Å². The molecule has 0 N–H and O–H groups in total. The smallest absolute Gasteiger partial charge is 0.333 e. The Morgan fingerprint density at radius 1 is 1.10 bits per heavy atom. The normalized spacial score (nSPS) is 14.4. The van der Waals surface area contributed by atoms with Crippen molar-refractivity contribution in [2.45, 2.75) is 33.3 Å². The molecular weight excluding hydrogens is 408 g/mol. The molecule has 2 heterocycles. The van der Waals surface area contributed by atoms with Crippen LogP contribution in [0.1, 0.15) is 31.5 Å². The molecule has 2 rings (SSSR count). The lowest BCUT2D eigenvalue weighted by Crippen LogP contribution is -2.21. The van der Waals surface area contributed by atoms with E-state index < -0.39 is 5.97 Å². The van der Waals surface area contributed by atoms with Gasteiger partial charge in [0.25, 0.3) is 0 Å². The summed E-state index contributed by atoms with van der Waals surface area (Å²) in [7, 11) is 4.48. The van der Waals surface area contributed by atoms with Gasteiger partial charge in [-0.3, -0.25) is 0 Å². The fourth-order valence-electron chi connectivity index (χ4n) is 2.69. The average Bonchev–Trinajstić information content (AvgIpc) is 3.35. The van der Waals surface area contributed by atoms with Crippen LogP contribution in [0.2, 0.25) is 0 Å². The number of carbonyl (C=O) groups is 1. The quantitative estimate of drug-likeness (QED) is 0.302. The molecule has 8 heteroatoms. The van der Waals surface area contributed by atoms with Gasteiger partial charge in [0.15, 0.2) is 0 Å². The molecule has 0 saturated heterocycles. The second-order valence-electron chi connectivity index (χ2n) is 6.92. The van der Waals surface area contributed by atoms with Gasteiger partial charge in [-0.1, -0.05) is 26.8 Å². The number of nitrogens with zero attached hydrogens (tertiary/aromatic N) is 2. The highest BCUT2D eigenvalue weighted by Crippen LogP contribution is 2.27. The minimum atomic E-state index is -0.461. The van der Waals surface area contributed by atoms with Gasteiger partial charge in [-0.2, -0.15) is 0 Å². The van der Waals surface area contributed by atoms with Crippen LogP contribution in [0.3, 0.4) is 0 Å². The Hall–Kier alpha value is -2.03. The summed E-state index contributed by atoms with van der Waals surface area (Å²) in [6, 6.07) is 0. The van der Waals surface area contributed by atoms with E-state index in [1.54, 1.807) is 29.8 Å². The molecular formula is C21H28N2O4S2. The molecule has 0 aromatic carbocycles. The second-order valence-corrected chi connectivity index (χ2v) is 8.72. The summed E-state index contributed by atoms with van der Waals surface area (Å²) < 4.78 is 15.6. The topological polar surface area (TPSA) is 70.5 Å². The van der Waals surface area contributed by atoms with E-state index in [9.17, 15) is 4.79 Å². The van der Waals surface area contributed by atoms with Crippen molar-refractivity contribution in [3.05, 3.63) is 39.4 Å². The van der Waals surface area contributed by atoms with Crippen LogP contribution in [-0.2, 0) is 25.4 Å². The third-order valence-corrected chi connectivity index (χ3v) is 6.00. The predicted molar refractivity (Wildman–Crippen MR) is 118 cm³/mol.